The summed E-state index contributed by atoms with van der Waals surface area (Å²) >= 11 is 1.28. The molecular weight excluding hydrogens is 297 g/mol. The normalized spacial score (nSPS) is 15.0. The van der Waals surface area contributed by atoms with Crippen molar-refractivity contribution in [3.63, 3.8) is 0 Å². The van der Waals surface area contributed by atoms with Gasteiger partial charge in [0.1, 0.15) is 11.6 Å². The second kappa shape index (κ2) is 5.65. The fraction of sp³-hybridized carbons (Fsp3) is 0.235. The maximum atomic E-state index is 13.6. The van der Waals surface area contributed by atoms with Crippen LogP contribution in [0.3, 0.4) is 0 Å². The van der Waals surface area contributed by atoms with Gasteiger partial charge in [-0.1, -0.05) is 18.6 Å². The first-order valence-electron chi connectivity index (χ1n) is 7.46. The number of aromatic nitrogens is 2. The maximum Gasteiger partial charge on any atom is 0.138 e. The highest BCUT2D eigenvalue weighted by molar-refractivity contribution is 8.00. The lowest BCUT2D eigenvalue weighted by atomic mass is 9.85. The van der Waals surface area contributed by atoms with Crippen LogP contribution in [-0.4, -0.2) is 9.97 Å². The summed E-state index contributed by atoms with van der Waals surface area (Å²) in [6.07, 6.45) is 3.76. The number of nitrogens with zero attached hydrogens (tertiary/aromatic N) is 1. The van der Waals surface area contributed by atoms with Gasteiger partial charge in [0.05, 0.1) is 15.9 Å². The van der Waals surface area contributed by atoms with Gasteiger partial charge in [-0.3, -0.25) is 0 Å². The predicted octanol–water partition coefficient (Wildman–Crippen LogP) is 5.09. The highest BCUT2D eigenvalue weighted by Crippen LogP contribution is 2.36. The Morgan fingerprint density at radius 1 is 1.18 bits per heavy atom. The van der Waals surface area contributed by atoms with Gasteiger partial charge in [0.25, 0.3) is 0 Å². The number of halogens is 1. The number of nitrogens with one attached hydrogen (secondary N) is 2. The van der Waals surface area contributed by atoms with Crippen LogP contribution in [0.5, 0.6) is 0 Å². The van der Waals surface area contributed by atoms with E-state index < -0.39 is 0 Å². The van der Waals surface area contributed by atoms with Crippen LogP contribution in [0, 0.1) is 5.82 Å². The molecule has 0 aliphatic heterocycles. The van der Waals surface area contributed by atoms with Crippen molar-refractivity contribution in [2.75, 3.05) is 4.72 Å². The molecule has 112 valence electrons. The van der Waals surface area contributed by atoms with Crippen molar-refractivity contribution in [3.05, 3.63) is 54.1 Å². The van der Waals surface area contributed by atoms with Crippen molar-refractivity contribution in [2.24, 2.45) is 0 Å². The highest BCUT2D eigenvalue weighted by atomic mass is 32.2. The van der Waals surface area contributed by atoms with Crippen LogP contribution < -0.4 is 4.72 Å². The first-order valence-corrected chi connectivity index (χ1v) is 8.28. The van der Waals surface area contributed by atoms with Crippen LogP contribution in [0.15, 0.2) is 47.4 Å². The molecule has 0 saturated heterocycles. The zero-order chi connectivity index (χ0) is 14.9. The van der Waals surface area contributed by atoms with Crippen molar-refractivity contribution in [2.45, 2.75) is 30.1 Å². The first kappa shape index (κ1) is 13.6. The molecular formula is C17H16FN3S. The Morgan fingerprint density at radius 2 is 2.05 bits per heavy atom. The van der Waals surface area contributed by atoms with Crippen molar-refractivity contribution < 1.29 is 4.39 Å². The van der Waals surface area contributed by atoms with Crippen molar-refractivity contribution in [3.8, 4) is 0 Å². The zero-order valence-corrected chi connectivity index (χ0v) is 12.8. The molecule has 1 aliphatic rings. The quantitative estimate of drug-likeness (QED) is 0.659. The molecule has 3 nitrogen and oxygen atoms in total. The largest absolute Gasteiger partial charge is 0.342 e. The van der Waals surface area contributed by atoms with E-state index >= 15 is 0 Å². The van der Waals surface area contributed by atoms with Crippen LogP contribution in [0.4, 0.5) is 10.1 Å². The third-order valence-corrected chi connectivity index (χ3v) is 5.00. The number of benzene rings is 2. The molecule has 0 spiro atoms. The van der Waals surface area contributed by atoms with Crippen LogP contribution in [0.1, 0.15) is 31.0 Å². The summed E-state index contributed by atoms with van der Waals surface area (Å²) in [6.45, 7) is 0. The molecule has 5 heteroatoms. The third kappa shape index (κ3) is 2.57. The Labute approximate surface area is 132 Å². The molecule has 1 aliphatic carbocycles. The Kier molecular flexibility index (Phi) is 3.50. The number of hydrogen-bond donors (Lipinski definition) is 2. The average molecular weight is 313 g/mol. The van der Waals surface area contributed by atoms with E-state index in [0.717, 1.165) is 22.5 Å². The summed E-state index contributed by atoms with van der Waals surface area (Å²) in [7, 11) is 0. The topological polar surface area (TPSA) is 40.7 Å². The molecule has 1 saturated carbocycles. The lowest BCUT2D eigenvalue weighted by Gasteiger charge is -2.22. The summed E-state index contributed by atoms with van der Waals surface area (Å²) in [4.78, 5) is 8.66. The Bertz CT molecular complexity index is 811. The van der Waals surface area contributed by atoms with E-state index in [0.29, 0.717) is 10.8 Å². The van der Waals surface area contributed by atoms with Gasteiger partial charge in [0, 0.05) is 11.6 Å². The molecule has 3 aromatic rings. The number of hydrogen-bond acceptors (Lipinski definition) is 3. The van der Waals surface area contributed by atoms with E-state index in [1.54, 1.807) is 12.1 Å². The fourth-order valence-corrected chi connectivity index (χ4v) is 3.28. The Hall–Kier alpha value is -2.01. The maximum absolute atomic E-state index is 13.6. The molecule has 1 heterocycles. The summed E-state index contributed by atoms with van der Waals surface area (Å²) in [5.74, 6) is 1.48. The first-order chi connectivity index (χ1) is 10.8. The van der Waals surface area contributed by atoms with Gasteiger partial charge in [-0.2, -0.15) is 0 Å². The monoisotopic (exact) mass is 313 g/mol. The minimum absolute atomic E-state index is 0.213. The minimum atomic E-state index is -0.213. The van der Waals surface area contributed by atoms with Gasteiger partial charge in [-0.15, -0.1) is 0 Å². The molecule has 0 amide bonds. The number of imidazole rings is 1. The summed E-state index contributed by atoms with van der Waals surface area (Å²) in [5, 5.41) is 0. The molecule has 1 aromatic heterocycles. The van der Waals surface area contributed by atoms with E-state index in [4.69, 9.17) is 0 Å². The Balaban J connectivity index is 1.53. The smallest absolute Gasteiger partial charge is 0.138 e. The average Bonchev–Trinajstić information content (AvgIpc) is 2.87. The molecule has 0 atom stereocenters. The van der Waals surface area contributed by atoms with Crippen molar-refractivity contribution in [1.82, 2.24) is 9.97 Å². The molecule has 4 rings (SSSR count). The van der Waals surface area contributed by atoms with Gasteiger partial charge in [0.2, 0.25) is 0 Å². The van der Waals surface area contributed by atoms with E-state index in [1.807, 2.05) is 24.3 Å². The van der Waals surface area contributed by atoms with E-state index in [9.17, 15) is 4.39 Å². The molecule has 2 N–H and O–H groups in total. The summed E-state index contributed by atoms with van der Waals surface area (Å²) < 4.78 is 16.8. The molecule has 0 radical (unpaired) electrons. The van der Waals surface area contributed by atoms with Gasteiger partial charge >= 0.3 is 0 Å². The standard InChI is InChI=1S/C17H16FN3S/c18-13-6-1-2-7-16(13)22-21-12-8-9-14-15(10-12)20-17(19-14)11-4-3-5-11/h1-2,6-11,21H,3-5H2,(H,19,20). The molecule has 22 heavy (non-hydrogen) atoms. The molecule has 1 fully saturated rings. The number of aromatic amines is 1. The third-order valence-electron chi connectivity index (χ3n) is 4.11. The van der Waals surface area contributed by atoms with Gasteiger partial charge in [0.15, 0.2) is 0 Å². The predicted molar refractivity (Wildman–Crippen MR) is 88.6 cm³/mol. The minimum Gasteiger partial charge on any atom is -0.342 e. The number of H-pyrrole nitrogens is 1. The van der Waals surface area contributed by atoms with Crippen LogP contribution in [0.2, 0.25) is 0 Å². The number of anilines is 1. The molecule has 0 bridgehead atoms. The Morgan fingerprint density at radius 3 is 2.82 bits per heavy atom. The highest BCUT2D eigenvalue weighted by Gasteiger charge is 2.22. The molecule has 2 aromatic carbocycles. The number of rotatable bonds is 4. The van der Waals surface area contributed by atoms with Crippen molar-refractivity contribution in [1.29, 1.82) is 0 Å². The fourth-order valence-electron chi connectivity index (χ4n) is 2.61. The second-order valence-corrected chi connectivity index (χ2v) is 6.46. The van der Waals surface area contributed by atoms with E-state index in [1.165, 1.54) is 37.3 Å². The van der Waals surface area contributed by atoms with Crippen LogP contribution in [-0.2, 0) is 0 Å². The van der Waals surface area contributed by atoms with E-state index in [2.05, 4.69) is 14.7 Å². The second-order valence-electron chi connectivity index (χ2n) is 5.62. The van der Waals surface area contributed by atoms with Gasteiger partial charge in [-0.05, 0) is 55.1 Å². The zero-order valence-electron chi connectivity index (χ0n) is 12.0. The van der Waals surface area contributed by atoms with Crippen LogP contribution in [0.25, 0.3) is 11.0 Å². The van der Waals surface area contributed by atoms with Gasteiger partial charge in [-0.25, -0.2) is 9.37 Å². The SMILES string of the molecule is Fc1ccccc1SNc1ccc2nc(C3CCC3)[nH]c2c1. The lowest BCUT2D eigenvalue weighted by Crippen LogP contribution is -2.10. The molecule has 0 unspecified atom stereocenters. The van der Waals surface area contributed by atoms with Crippen molar-refractivity contribution >= 4 is 28.7 Å². The van der Waals surface area contributed by atoms with E-state index in [-0.39, 0.29) is 5.82 Å². The lowest BCUT2D eigenvalue weighted by molar-refractivity contribution is 0.405. The van der Waals surface area contributed by atoms with Crippen LogP contribution >= 0.6 is 11.9 Å². The van der Waals surface area contributed by atoms with Gasteiger partial charge < -0.3 is 9.71 Å². The summed E-state index contributed by atoms with van der Waals surface area (Å²) in [6, 6.07) is 12.7. The number of fused-ring (bicyclic) bond motifs is 1. The summed E-state index contributed by atoms with van der Waals surface area (Å²) in [5.41, 5.74) is 2.95.